The molecule has 0 unspecified atom stereocenters. The fourth-order valence-corrected chi connectivity index (χ4v) is 3.73. The van der Waals surface area contributed by atoms with E-state index < -0.39 is 10.0 Å². The molecule has 102 valence electrons. The summed E-state index contributed by atoms with van der Waals surface area (Å²) in [6.07, 6.45) is 0. The van der Waals surface area contributed by atoms with E-state index in [1.54, 1.807) is 31.3 Å². The van der Waals surface area contributed by atoms with E-state index in [9.17, 15) is 13.5 Å². The van der Waals surface area contributed by atoms with Crippen LogP contribution in [0.15, 0.2) is 35.2 Å². The number of benzene rings is 2. The summed E-state index contributed by atoms with van der Waals surface area (Å²) in [5.41, 5.74) is 1.42. The number of rotatable bonds is 1. The minimum absolute atomic E-state index is 0.0933. The first-order valence-electron chi connectivity index (χ1n) is 6.22. The molecule has 1 N–H and O–H groups in total. The highest BCUT2D eigenvalue weighted by atomic mass is 32.2. The largest absolute Gasteiger partial charge is 0.392 e. The molecule has 0 aromatic heterocycles. The Morgan fingerprint density at radius 1 is 1.16 bits per heavy atom. The van der Waals surface area contributed by atoms with Gasteiger partial charge >= 0.3 is 0 Å². The quantitative estimate of drug-likeness (QED) is 0.872. The molecule has 0 aliphatic carbocycles. The van der Waals surface area contributed by atoms with Crippen molar-refractivity contribution in [2.24, 2.45) is 0 Å². The fraction of sp³-hybridized carbons (Fsp3) is 0.286. The highest BCUT2D eigenvalue weighted by molar-refractivity contribution is 7.93. The highest BCUT2D eigenvalue weighted by Gasteiger charge is 2.33. The summed E-state index contributed by atoms with van der Waals surface area (Å²) in [7, 11) is -1.87. The zero-order valence-electron chi connectivity index (χ0n) is 11.2. The van der Waals surface area contributed by atoms with Crippen molar-refractivity contribution in [3.05, 3.63) is 35.9 Å². The normalized spacial score (nSPS) is 15.3. The average molecular weight is 279 g/mol. The van der Waals surface area contributed by atoms with Gasteiger partial charge in [-0.3, -0.25) is 4.31 Å². The van der Waals surface area contributed by atoms with E-state index in [4.69, 9.17) is 0 Å². The first-order chi connectivity index (χ1) is 9.07. The molecule has 19 heavy (non-hydrogen) atoms. The Labute approximate surface area is 113 Å². The van der Waals surface area contributed by atoms with Gasteiger partial charge in [-0.2, -0.15) is 0 Å². The molecule has 5 heteroatoms. The lowest BCUT2D eigenvalue weighted by atomic mass is 10.0. The van der Waals surface area contributed by atoms with E-state index in [-0.39, 0.29) is 6.61 Å². The second-order valence-corrected chi connectivity index (χ2v) is 5.99. The van der Waals surface area contributed by atoms with Gasteiger partial charge < -0.3 is 5.11 Å². The smallest absolute Gasteiger partial charge is 0.264 e. The van der Waals surface area contributed by atoms with Crippen LogP contribution in [-0.2, 0) is 16.6 Å². The Morgan fingerprint density at radius 3 is 2.47 bits per heavy atom. The van der Waals surface area contributed by atoms with Crippen LogP contribution < -0.4 is 4.31 Å². The molecule has 0 atom stereocenters. The summed E-state index contributed by atoms with van der Waals surface area (Å²) in [4.78, 5) is 0.322. The van der Waals surface area contributed by atoms with Crippen molar-refractivity contribution in [3.8, 4) is 0 Å². The summed E-state index contributed by atoms with van der Waals surface area (Å²) in [6, 6.07) is 8.65. The third-order valence-corrected chi connectivity index (χ3v) is 5.03. The Balaban J connectivity index is 0.000000637. The Kier molecular flexibility index (Phi) is 3.52. The third-order valence-electron chi connectivity index (χ3n) is 3.22. The number of hydrogen-bond donors (Lipinski definition) is 1. The number of anilines is 1. The predicted octanol–water partition coefficient (Wildman–Crippen LogP) is 2.50. The minimum atomic E-state index is -3.41. The van der Waals surface area contributed by atoms with Gasteiger partial charge in [-0.25, -0.2) is 8.42 Å². The van der Waals surface area contributed by atoms with E-state index in [2.05, 4.69) is 0 Å². The predicted molar refractivity (Wildman–Crippen MR) is 76.8 cm³/mol. The number of aliphatic hydroxyl groups is 1. The molecule has 0 fully saturated rings. The molecule has 3 rings (SSSR count). The van der Waals surface area contributed by atoms with Gasteiger partial charge in [0.1, 0.15) is 0 Å². The summed E-state index contributed by atoms with van der Waals surface area (Å²) in [6.45, 7) is 3.91. The van der Waals surface area contributed by atoms with Gasteiger partial charge in [-0.1, -0.05) is 32.0 Å². The van der Waals surface area contributed by atoms with Crippen LogP contribution in [0.25, 0.3) is 10.8 Å². The zero-order valence-corrected chi connectivity index (χ0v) is 12.0. The van der Waals surface area contributed by atoms with Gasteiger partial charge in [-0.05, 0) is 23.1 Å². The fourth-order valence-electron chi connectivity index (χ4n) is 2.31. The summed E-state index contributed by atoms with van der Waals surface area (Å²) in [5.74, 6) is 0. The molecule has 2 aromatic carbocycles. The summed E-state index contributed by atoms with van der Waals surface area (Å²) in [5, 5.41) is 10.8. The second kappa shape index (κ2) is 4.83. The SMILES string of the molecule is CC.CN1c2cccc3c(CO)ccc(c23)S1(=O)=O. The molecular formula is C14H17NO3S. The van der Waals surface area contributed by atoms with Crippen molar-refractivity contribution in [1.29, 1.82) is 0 Å². The molecular weight excluding hydrogens is 262 g/mol. The van der Waals surface area contributed by atoms with E-state index in [0.29, 0.717) is 16.0 Å². The number of sulfonamides is 1. The van der Waals surface area contributed by atoms with Gasteiger partial charge in [0.05, 0.1) is 17.2 Å². The van der Waals surface area contributed by atoms with E-state index in [1.807, 2.05) is 19.9 Å². The molecule has 0 spiro atoms. The second-order valence-electron chi connectivity index (χ2n) is 4.05. The van der Waals surface area contributed by atoms with Crippen molar-refractivity contribution in [2.75, 3.05) is 11.4 Å². The number of nitrogens with zero attached hydrogens (tertiary/aromatic N) is 1. The van der Waals surface area contributed by atoms with Gasteiger partial charge in [0, 0.05) is 12.4 Å². The Bertz CT molecular complexity index is 723. The van der Waals surface area contributed by atoms with E-state index >= 15 is 0 Å². The lowest BCUT2D eigenvalue weighted by molar-refractivity contribution is 0.283. The zero-order chi connectivity index (χ0) is 14.2. The van der Waals surface area contributed by atoms with Crippen LogP contribution >= 0.6 is 0 Å². The minimum Gasteiger partial charge on any atom is -0.392 e. The standard InChI is InChI=1S/C12H11NO3S.C2H6/c1-13-10-4-2-3-9-8(7-14)5-6-11(12(9)10)17(13,15)16;1-2/h2-6,14H,7H2,1H3;1-2H3. The van der Waals surface area contributed by atoms with Crippen LogP contribution in [0.5, 0.6) is 0 Å². The molecule has 0 bridgehead atoms. The summed E-state index contributed by atoms with van der Waals surface area (Å²) < 4.78 is 25.5. The maximum absolute atomic E-state index is 12.1. The molecule has 4 nitrogen and oxygen atoms in total. The van der Waals surface area contributed by atoms with Crippen LogP contribution in [0.3, 0.4) is 0 Å². The molecule has 1 heterocycles. The topological polar surface area (TPSA) is 57.6 Å². The summed E-state index contributed by atoms with van der Waals surface area (Å²) >= 11 is 0. The molecule has 0 saturated heterocycles. The first-order valence-corrected chi connectivity index (χ1v) is 7.66. The molecule has 1 aliphatic heterocycles. The monoisotopic (exact) mass is 279 g/mol. The Hall–Kier alpha value is -1.59. The molecule has 0 amide bonds. The first kappa shape index (κ1) is 13.8. The van der Waals surface area contributed by atoms with Crippen LogP contribution in [0, 0.1) is 0 Å². The molecule has 0 radical (unpaired) electrons. The highest BCUT2D eigenvalue weighted by Crippen LogP contribution is 2.42. The van der Waals surface area contributed by atoms with Crippen LogP contribution in [0.4, 0.5) is 5.69 Å². The lowest BCUT2D eigenvalue weighted by Gasteiger charge is -2.10. The number of aliphatic hydroxyl groups excluding tert-OH is 1. The van der Waals surface area contributed by atoms with E-state index in [0.717, 1.165) is 10.9 Å². The molecule has 0 saturated carbocycles. The average Bonchev–Trinajstić information content (AvgIpc) is 2.64. The van der Waals surface area contributed by atoms with Crippen molar-refractivity contribution in [3.63, 3.8) is 0 Å². The maximum atomic E-state index is 12.1. The van der Waals surface area contributed by atoms with Crippen LogP contribution in [0.2, 0.25) is 0 Å². The van der Waals surface area contributed by atoms with Gasteiger partial charge in [0.15, 0.2) is 0 Å². The number of hydrogen-bond acceptors (Lipinski definition) is 3. The molecule has 1 aliphatic rings. The van der Waals surface area contributed by atoms with Crippen molar-refractivity contribution < 1.29 is 13.5 Å². The Morgan fingerprint density at radius 2 is 1.84 bits per heavy atom. The van der Waals surface area contributed by atoms with E-state index in [1.165, 1.54) is 4.31 Å². The van der Waals surface area contributed by atoms with Crippen molar-refractivity contribution in [1.82, 2.24) is 0 Å². The van der Waals surface area contributed by atoms with Gasteiger partial charge in [0.2, 0.25) is 0 Å². The van der Waals surface area contributed by atoms with Crippen LogP contribution in [-0.4, -0.2) is 20.6 Å². The third kappa shape index (κ3) is 1.81. The molecule has 2 aromatic rings. The lowest BCUT2D eigenvalue weighted by Crippen LogP contribution is -2.21. The van der Waals surface area contributed by atoms with Gasteiger partial charge in [0.25, 0.3) is 10.0 Å². The van der Waals surface area contributed by atoms with Crippen LogP contribution in [0.1, 0.15) is 19.4 Å². The van der Waals surface area contributed by atoms with Crippen molar-refractivity contribution >= 4 is 26.5 Å². The maximum Gasteiger partial charge on any atom is 0.264 e. The van der Waals surface area contributed by atoms with Crippen molar-refractivity contribution in [2.45, 2.75) is 25.3 Å². The van der Waals surface area contributed by atoms with Gasteiger partial charge in [-0.15, -0.1) is 0 Å².